The number of rotatable bonds is 2. The standard InChI is InChI=1S/C21H25NO5.C8H7F3.C2H6/c1-10-9-12(26-5)21(3)15-11(7-8-20(2,27-6)14(10)15)16(23)13-17(24)19(25)22(4)18(13)21;9-8(10,11)7-5-3-1-2-4-6-7;1-2/h7-11,18,24H,1-6H3;1-5H,6H2;1-2H3. The van der Waals surface area contributed by atoms with Crippen LogP contribution < -0.4 is 0 Å². The molecule has 0 radical (unpaired) electrons. The van der Waals surface area contributed by atoms with Crippen LogP contribution in [0.15, 0.2) is 82.4 Å². The van der Waals surface area contributed by atoms with Crippen LogP contribution in [0.1, 0.15) is 41.0 Å². The first-order valence-electron chi connectivity index (χ1n) is 13.3. The molecule has 1 N–H and O–H groups in total. The molecule has 4 aliphatic carbocycles. The van der Waals surface area contributed by atoms with Gasteiger partial charge in [0, 0.05) is 25.6 Å². The van der Waals surface area contributed by atoms with Crippen molar-refractivity contribution in [3.8, 4) is 0 Å². The third-order valence-electron chi connectivity index (χ3n) is 8.21. The van der Waals surface area contributed by atoms with Crippen LogP contribution >= 0.6 is 0 Å². The minimum atomic E-state index is -4.18. The number of nitrogens with zero attached hydrogens (tertiary/aromatic N) is 1. The summed E-state index contributed by atoms with van der Waals surface area (Å²) in [6.45, 7) is 10.0. The maximum atomic E-state index is 13.3. The van der Waals surface area contributed by atoms with E-state index in [1.54, 1.807) is 33.4 Å². The van der Waals surface area contributed by atoms with Crippen LogP contribution in [-0.2, 0) is 19.1 Å². The zero-order valence-electron chi connectivity index (χ0n) is 24.2. The molecule has 5 unspecified atom stereocenters. The number of carbonyl (C=O) groups is 2. The summed E-state index contributed by atoms with van der Waals surface area (Å²) in [5, 5.41) is 10.4. The number of halogens is 3. The number of aliphatic hydroxyl groups excluding tert-OH is 1. The Morgan fingerprint density at radius 3 is 2.30 bits per heavy atom. The molecule has 0 aromatic rings. The summed E-state index contributed by atoms with van der Waals surface area (Å²) in [5.41, 5.74) is 0.232. The van der Waals surface area contributed by atoms with Gasteiger partial charge < -0.3 is 19.5 Å². The van der Waals surface area contributed by atoms with Crippen molar-refractivity contribution >= 4 is 11.7 Å². The number of ether oxygens (including phenoxy) is 2. The first kappa shape index (κ1) is 31.2. The van der Waals surface area contributed by atoms with Gasteiger partial charge in [-0.1, -0.05) is 63.3 Å². The Kier molecular flexibility index (Phi) is 8.79. The summed E-state index contributed by atoms with van der Waals surface area (Å²) in [7, 11) is 4.88. The summed E-state index contributed by atoms with van der Waals surface area (Å²) in [6.07, 6.45) is 8.75. The van der Waals surface area contributed by atoms with E-state index in [0.29, 0.717) is 5.76 Å². The fourth-order valence-corrected chi connectivity index (χ4v) is 6.38. The van der Waals surface area contributed by atoms with Gasteiger partial charge >= 0.3 is 6.18 Å². The second-order valence-corrected chi connectivity index (χ2v) is 10.4. The highest BCUT2D eigenvalue weighted by molar-refractivity contribution is 6.13. The van der Waals surface area contributed by atoms with Crippen LogP contribution in [0.25, 0.3) is 0 Å². The molecule has 0 bridgehead atoms. The van der Waals surface area contributed by atoms with Gasteiger partial charge in [-0.05, 0) is 37.5 Å². The summed E-state index contributed by atoms with van der Waals surface area (Å²) in [5.74, 6) is -1.03. The Morgan fingerprint density at radius 2 is 1.73 bits per heavy atom. The molecule has 0 aromatic heterocycles. The number of aliphatic hydroxyl groups is 1. The minimum Gasteiger partial charge on any atom is -0.503 e. The van der Waals surface area contributed by atoms with E-state index >= 15 is 0 Å². The van der Waals surface area contributed by atoms with Gasteiger partial charge in [-0.2, -0.15) is 13.2 Å². The Hall–Kier alpha value is -3.33. The number of methoxy groups -OCH3 is 2. The molecule has 9 heteroatoms. The van der Waals surface area contributed by atoms with Crippen molar-refractivity contribution in [3.05, 3.63) is 82.4 Å². The lowest BCUT2D eigenvalue weighted by atomic mass is 9.53. The molecule has 5 aliphatic rings. The lowest BCUT2D eigenvalue weighted by Gasteiger charge is -2.54. The molecule has 0 saturated heterocycles. The summed E-state index contributed by atoms with van der Waals surface area (Å²) < 4.78 is 47.6. The summed E-state index contributed by atoms with van der Waals surface area (Å²) in [4.78, 5) is 27.3. The molecule has 218 valence electrons. The molecular weight excluding hydrogens is 523 g/mol. The molecule has 1 saturated carbocycles. The van der Waals surface area contributed by atoms with Crippen LogP contribution in [0.5, 0.6) is 0 Å². The average Bonchev–Trinajstić information content (AvgIpc) is 3.11. The van der Waals surface area contributed by atoms with Gasteiger partial charge in [-0.3, -0.25) is 9.59 Å². The molecule has 0 spiro atoms. The molecular formula is C31H38F3NO5. The zero-order valence-corrected chi connectivity index (χ0v) is 24.2. The summed E-state index contributed by atoms with van der Waals surface area (Å²) in [6, 6.07) is -0.606. The van der Waals surface area contributed by atoms with E-state index in [1.807, 2.05) is 45.9 Å². The van der Waals surface area contributed by atoms with Crippen molar-refractivity contribution < 1.29 is 37.3 Å². The van der Waals surface area contributed by atoms with Crippen LogP contribution in [0.3, 0.4) is 0 Å². The predicted molar refractivity (Wildman–Crippen MR) is 147 cm³/mol. The second kappa shape index (κ2) is 11.3. The quantitative estimate of drug-likeness (QED) is 0.400. The fraction of sp³-hybridized carbons (Fsp3) is 0.484. The lowest BCUT2D eigenvalue weighted by Crippen LogP contribution is -2.57. The van der Waals surface area contributed by atoms with Gasteiger partial charge in [0.05, 0.1) is 30.1 Å². The van der Waals surface area contributed by atoms with Gasteiger partial charge in [0.2, 0.25) is 0 Å². The van der Waals surface area contributed by atoms with Crippen molar-refractivity contribution in [2.45, 2.75) is 58.9 Å². The van der Waals surface area contributed by atoms with Crippen LogP contribution in [0.2, 0.25) is 0 Å². The number of alkyl halides is 3. The molecule has 1 aliphatic heterocycles. The van der Waals surface area contributed by atoms with E-state index in [9.17, 15) is 27.9 Å². The fourth-order valence-electron chi connectivity index (χ4n) is 6.38. The highest BCUT2D eigenvalue weighted by Gasteiger charge is 2.63. The molecule has 1 fully saturated rings. The normalized spacial score (nSPS) is 32.3. The molecule has 0 aromatic carbocycles. The van der Waals surface area contributed by atoms with Crippen molar-refractivity contribution in [1.29, 1.82) is 0 Å². The van der Waals surface area contributed by atoms with E-state index in [2.05, 4.69) is 6.92 Å². The zero-order chi connectivity index (χ0) is 30.2. The topological polar surface area (TPSA) is 76.1 Å². The monoisotopic (exact) mass is 561 g/mol. The number of likely N-dealkylation sites (N-methyl/N-ethyl adjacent to an activating group) is 1. The second-order valence-electron chi connectivity index (χ2n) is 10.4. The third-order valence-corrected chi connectivity index (χ3v) is 8.21. The van der Waals surface area contributed by atoms with E-state index in [4.69, 9.17) is 9.47 Å². The predicted octanol–water partition coefficient (Wildman–Crippen LogP) is 6.31. The first-order valence-corrected chi connectivity index (χ1v) is 13.3. The number of hydrogen-bond donors (Lipinski definition) is 1. The number of ketones is 1. The highest BCUT2D eigenvalue weighted by atomic mass is 19.4. The lowest BCUT2D eigenvalue weighted by molar-refractivity contribution is -0.129. The van der Waals surface area contributed by atoms with Crippen LogP contribution in [0.4, 0.5) is 13.2 Å². The largest absolute Gasteiger partial charge is 0.503 e. The number of hydrogen-bond acceptors (Lipinski definition) is 5. The third kappa shape index (κ3) is 4.78. The van der Waals surface area contributed by atoms with E-state index in [0.717, 1.165) is 17.2 Å². The SMILES string of the molecule is CC.COC1=CC(C)C2=C3C(C=CC2(C)OC)C(=O)C2=C(O)C(=O)N(C)C2C13C.FC(F)(F)C1=CC=CC=CC1. The van der Waals surface area contributed by atoms with Crippen LogP contribution in [0, 0.1) is 17.3 Å². The van der Waals surface area contributed by atoms with Crippen molar-refractivity contribution in [2.75, 3.05) is 21.3 Å². The van der Waals surface area contributed by atoms with E-state index in [-0.39, 0.29) is 23.7 Å². The molecule has 1 heterocycles. The molecule has 6 nitrogen and oxygen atoms in total. The Bertz CT molecular complexity index is 1280. The number of Topliss-reactive ketones (excluding diaryl/α,β-unsaturated/α-hetero) is 1. The molecule has 5 atom stereocenters. The van der Waals surface area contributed by atoms with Crippen LogP contribution in [-0.4, -0.2) is 60.8 Å². The number of allylic oxidation sites excluding steroid dienone is 8. The van der Waals surface area contributed by atoms with E-state index in [1.165, 1.54) is 17.1 Å². The molecule has 40 heavy (non-hydrogen) atoms. The maximum absolute atomic E-state index is 13.3. The Balaban J connectivity index is 0.000000285. The first-order chi connectivity index (χ1) is 18.7. The van der Waals surface area contributed by atoms with Gasteiger partial charge in [0.25, 0.3) is 5.91 Å². The van der Waals surface area contributed by atoms with Crippen molar-refractivity contribution in [3.63, 3.8) is 0 Å². The molecule has 5 rings (SSSR count). The Morgan fingerprint density at radius 1 is 1.07 bits per heavy atom. The number of fused-ring (bicyclic) bond motifs is 2. The van der Waals surface area contributed by atoms with E-state index < -0.39 is 46.4 Å². The minimum absolute atomic E-state index is 0.00904. The van der Waals surface area contributed by atoms with Crippen molar-refractivity contribution in [2.24, 2.45) is 17.3 Å². The van der Waals surface area contributed by atoms with Crippen molar-refractivity contribution in [1.82, 2.24) is 4.90 Å². The Labute approximate surface area is 233 Å². The van der Waals surface area contributed by atoms with Gasteiger partial charge in [-0.15, -0.1) is 0 Å². The average molecular weight is 562 g/mol. The number of amides is 1. The smallest absolute Gasteiger partial charge is 0.412 e. The van der Waals surface area contributed by atoms with Gasteiger partial charge in [0.1, 0.15) is 11.4 Å². The number of carbonyl (C=O) groups excluding carboxylic acids is 2. The van der Waals surface area contributed by atoms with Gasteiger partial charge in [-0.25, -0.2) is 0 Å². The molecule has 1 amide bonds. The maximum Gasteiger partial charge on any atom is 0.412 e. The highest BCUT2D eigenvalue weighted by Crippen LogP contribution is 2.61. The summed E-state index contributed by atoms with van der Waals surface area (Å²) >= 11 is 0. The van der Waals surface area contributed by atoms with Gasteiger partial charge in [0.15, 0.2) is 11.5 Å².